The number of nitrogens with zero attached hydrogens (tertiary/aromatic N) is 6. The van der Waals surface area contributed by atoms with Crippen molar-refractivity contribution >= 4 is 12.0 Å². The van der Waals surface area contributed by atoms with Crippen molar-refractivity contribution in [2.45, 2.75) is 64.3 Å². The van der Waals surface area contributed by atoms with E-state index in [1.165, 1.54) is 6.07 Å². The largest absolute Gasteiger partial charge is 0.490 e. The van der Waals surface area contributed by atoms with Crippen molar-refractivity contribution in [2.75, 3.05) is 42.6 Å². The zero-order chi connectivity index (χ0) is 28.2. The molecule has 2 aromatic heterocycles. The van der Waals surface area contributed by atoms with Crippen LogP contribution in [-0.4, -0.2) is 58.9 Å². The SMILES string of the molecule is CC(C)c1noc(N2CCC([C@H](C)CCOc3cnc(N4CC[C@@H](c5cc(F)ccc5F)[C@H](N)C4)nc3)CC2)n1. The van der Waals surface area contributed by atoms with Gasteiger partial charge in [-0.3, -0.25) is 0 Å². The van der Waals surface area contributed by atoms with Gasteiger partial charge in [-0.2, -0.15) is 4.98 Å². The first-order chi connectivity index (χ1) is 19.3. The third-order valence-corrected chi connectivity index (χ3v) is 8.32. The highest BCUT2D eigenvalue weighted by atomic mass is 19.1. The number of hydrogen-bond donors (Lipinski definition) is 1. The van der Waals surface area contributed by atoms with Gasteiger partial charge < -0.3 is 24.8 Å². The summed E-state index contributed by atoms with van der Waals surface area (Å²) >= 11 is 0. The summed E-state index contributed by atoms with van der Waals surface area (Å²) < 4.78 is 39.4. The van der Waals surface area contributed by atoms with Gasteiger partial charge in [0.1, 0.15) is 11.6 Å². The molecule has 2 aliphatic heterocycles. The lowest BCUT2D eigenvalue weighted by molar-refractivity contribution is 0.219. The number of hydrogen-bond acceptors (Lipinski definition) is 9. The van der Waals surface area contributed by atoms with Gasteiger partial charge in [-0.05, 0) is 61.3 Å². The van der Waals surface area contributed by atoms with Crippen molar-refractivity contribution in [3.05, 3.63) is 53.6 Å². The molecule has 0 saturated carbocycles. The fourth-order valence-corrected chi connectivity index (χ4v) is 5.74. The minimum atomic E-state index is -0.453. The third kappa shape index (κ3) is 6.51. The first kappa shape index (κ1) is 28.2. The van der Waals surface area contributed by atoms with Crippen LogP contribution in [0.25, 0.3) is 0 Å². The summed E-state index contributed by atoms with van der Waals surface area (Å²) in [5.74, 6) is 2.23. The molecule has 2 aliphatic rings. The Labute approximate surface area is 234 Å². The van der Waals surface area contributed by atoms with Crippen molar-refractivity contribution in [1.82, 2.24) is 20.1 Å². The molecule has 0 aliphatic carbocycles. The molecule has 11 heteroatoms. The molecule has 2 saturated heterocycles. The topological polar surface area (TPSA) is 106 Å². The second-order valence-electron chi connectivity index (χ2n) is 11.4. The number of nitrogens with two attached hydrogens (primary N) is 1. The Morgan fingerprint density at radius 3 is 2.45 bits per heavy atom. The van der Waals surface area contributed by atoms with Gasteiger partial charge in [0.05, 0.1) is 19.0 Å². The molecule has 0 bridgehead atoms. The predicted octanol–water partition coefficient (Wildman–Crippen LogP) is 4.90. The van der Waals surface area contributed by atoms with E-state index in [-0.39, 0.29) is 17.9 Å². The van der Waals surface area contributed by atoms with Crippen LogP contribution in [0.3, 0.4) is 0 Å². The summed E-state index contributed by atoms with van der Waals surface area (Å²) in [7, 11) is 0. The minimum Gasteiger partial charge on any atom is -0.490 e. The van der Waals surface area contributed by atoms with Crippen LogP contribution in [0.5, 0.6) is 5.75 Å². The lowest BCUT2D eigenvalue weighted by Gasteiger charge is -2.37. The summed E-state index contributed by atoms with van der Waals surface area (Å²) in [6, 6.07) is 3.81. The zero-order valence-electron chi connectivity index (χ0n) is 23.5. The highest BCUT2D eigenvalue weighted by Gasteiger charge is 2.31. The van der Waals surface area contributed by atoms with E-state index in [2.05, 4.69) is 45.8 Å². The molecule has 4 heterocycles. The van der Waals surface area contributed by atoms with E-state index in [4.69, 9.17) is 15.0 Å². The Bertz CT molecular complexity index is 1250. The van der Waals surface area contributed by atoms with E-state index in [0.717, 1.165) is 50.3 Å². The van der Waals surface area contributed by atoms with Gasteiger partial charge in [0.15, 0.2) is 11.6 Å². The molecular weight excluding hydrogens is 516 g/mol. The molecule has 0 unspecified atom stereocenters. The molecule has 0 radical (unpaired) electrons. The van der Waals surface area contributed by atoms with Crippen molar-refractivity contribution < 1.29 is 18.0 Å². The van der Waals surface area contributed by atoms with Crippen LogP contribution in [0.15, 0.2) is 35.1 Å². The van der Waals surface area contributed by atoms with Crippen molar-refractivity contribution in [3.8, 4) is 5.75 Å². The fourth-order valence-electron chi connectivity index (χ4n) is 5.74. The van der Waals surface area contributed by atoms with Gasteiger partial charge in [-0.1, -0.05) is 25.9 Å². The van der Waals surface area contributed by atoms with Gasteiger partial charge in [-0.15, -0.1) is 0 Å². The van der Waals surface area contributed by atoms with E-state index in [9.17, 15) is 8.78 Å². The van der Waals surface area contributed by atoms with E-state index in [1.54, 1.807) is 12.4 Å². The van der Waals surface area contributed by atoms with Crippen molar-refractivity contribution in [1.29, 1.82) is 0 Å². The van der Waals surface area contributed by atoms with Gasteiger partial charge in [0.2, 0.25) is 5.95 Å². The minimum absolute atomic E-state index is 0.250. The normalized spacial score (nSPS) is 21.2. The number of rotatable bonds is 9. The van der Waals surface area contributed by atoms with Crippen molar-refractivity contribution in [3.63, 3.8) is 0 Å². The maximum absolute atomic E-state index is 14.3. The average Bonchev–Trinajstić information content (AvgIpc) is 3.46. The maximum atomic E-state index is 14.3. The van der Waals surface area contributed by atoms with Crippen LogP contribution >= 0.6 is 0 Å². The molecule has 216 valence electrons. The summed E-state index contributed by atoms with van der Waals surface area (Å²) in [6.45, 7) is 9.92. The Kier molecular flexibility index (Phi) is 8.78. The number of piperidine rings is 2. The number of aromatic nitrogens is 4. The second-order valence-corrected chi connectivity index (χ2v) is 11.4. The van der Waals surface area contributed by atoms with Gasteiger partial charge in [0.25, 0.3) is 0 Å². The van der Waals surface area contributed by atoms with Crippen molar-refractivity contribution in [2.24, 2.45) is 17.6 Å². The van der Waals surface area contributed by atoms with Gasteiger partial charge >= 0.3 is 6.01 Å². The summed E-state index contributed by atoms with van der Waals surface area (Å²) in [6.07, 6.45) is 7.08. The second kappa shape index (κ2) is 12.4. The molecule has 2 N–H and O–H groups in total. The average molecular weight is 556 g/mol. The van der Waals surface area contributed by atoms with Gasteiger partial charge in [0, 0.05) is 44.1 Å². The number of benzene rings is 1. The number of anilines is 2. The first-order valence-corrected chi connectivity index (χ1v) is 14.3. The van der Waals surface area contributed by atoms with Crippen LogP contribution in [0, 0.1) is 23.5 Å². The van der Waals surface area contributed by atoms with Crippen LogP contribution in [0.1, 0.15) is 69.7 Å². The molecule has 3 atom stereocenters. The number of halogens is 2. The Morgan fingerprint density at radius 2 is 1.77 bits per heavy atom. The molecule has 1 aromatic carbocycles. The number of ether oxygens (including phenoxy) is 1. The molecule has 2 fully saturated rings. The lowest BCUT2D eigenvalue weighted by Crippen LogP contribution is -2.48. The molecule has 0 amide bonds. The molecule has 40 heavy (non-hydrogen) atoms. The summed E-state index contributed by atoms with van der Waals surface area (Å²) in [5.41, 5.74) is 6.70. The predicted molar refractivity (Wildman–Crippen MR) is 149 cm³/mol. The van der Waals surface area contributed by atoms with E-state index in [1.807, 2.05) is 4.90 Å². The van der Waals surface area contributed by atoms with E-state index in [0.29, 0.717) is 61.2 Å². The van der Waals surface area contributed by atoms with Crippen LogP contribution in [0.2, 0.25) is 0 Å². The summed E-state index contributed by atoms with van der Waals surface area (Å²) in [5, 5.41) is 4.08. The third-order valence-electron chi connectivity index (χ3n) is 8.32. The Hall–Kier alpha value is -3.34. The Morgan fingerprint density at radius 1 is 1.05 bits per heavy atom. The Balaban J connectivity index is 1.05. The monoisotopic (exact) mass is 555 g/mol. The van der Waals surface area contributed by atoms with E-state index >= 15 is 0 Å². The smallest absolute Gasteiger partial charge is 0.324 e. The maximum Gasteiger partial charge on any atom is 0.324 e. The highest BCUT2D eigenvalue weighted by Crippen LogP contribution is 2.32. The molecule has 5 rings (SSSR count). The highest BCUT2D eigenvalue weighted by molar-refractivity contribution is 5.35. The molecule has 9 nitrogen and oxygen atoms in total. The fraction of sp³-hybridized carbons (Fsp3) is 0.586. The zero-order valence-corrected chi connectivity index (χ0v) is 23.5. The quantitative estimate of drug-likeness (QED) is 0.394. The van der Waals surface area contributed by atoms with E-state index < -0.39 is 11.6 Å². The first-order valence-electron chi connectivity index (χ1n) is 14.3. The standard InChI is InChI=1S/C29H39F2N7O2/c1-18(2)27-35-29(40-36-27)37-10-6-20(7-11-37)19(3)9-13-39-22-15-33-28(34-16-22)38-12-8-23(26(32)17-38)24-14-21(30)4-5-25(24)31/h4-5,14-16,18-20,23,26H,6-13,17,32H2,1-3H3/t19-,23+,26-/m1/s1. The lowest BCUT2D eigenvalue weighted by atomic mass is 9.84. The van der Waals surface area contributed by atoms with Crippen LogP contribution < -0.4 is 20.3 Å². The molecule has 3 aromatic rings. The molecular formula is C29H39F2N7O2. The van der Waals surface area contributed by atoms with Crippen LogP contribution in [-0.2, 0) is 0 Å². The van der Waals surface area contributed by atoms with Gasteiger partial charge in [-0.25, -0.2) is 18.7 Å². The summed E-state index contributed by atoms with van der Waals surface area (Å²) in [4.78, 5) is 17.7. The molecule has 0 spiro atoms. The van der Waals surface area contributed by atoms with Crippen LogP contribution in [0.4, 0.5) is 20.7 Å².